The van der Waals surface area contributed by atoms with E-state index in [0.717, 1.165) is 49.9 Å². The number of hydrogen-bond acceptors (Lipinski definition) is 5. The molecule has 3 atom stereocenters. The topological polar surface area (TPSA) is 45.4 Å². The summed E-state index contributed by atoms with van der Waals surface area (Å²) in [4.78, 5) is 9.50. The third kappa shape index (κ3) is 2.45. The quantitative estimate of drug-likeness (QED) is 0.856. The molecule has 1 saturated heterocycles. The average molecular weight is 290 g/mol. The van der Waals surface area contributed by atoms with Crippen LogP contribution in [-0.2, 0) is 0 Å². The van der Waals surface area contributed by atoms with Gasteiger partial charge in [0, 0.05) is 38.1 Å². The zero-order valence-corrected chi connectivity index (χ0v) is 13.2. The highest BCUT2D eigenvalue weighted by Crippen LogP contribution is 2.46. The lowest BCUT2D eigenvalue weighted by Gasteiger charge is -2.40. The summed E-state index contributed by atoms with van der Waals surface area (Å²) in [7, 11) is 0. The number of fused-ring (bicyclic) bond motifs is 2. The van der Waals surface area contributed by atoms with Gasteiger partial charge in [-0.05, 0) is 31.1 Å². The SMILES string of the molecule is CC(C)c1noc(N2CCN(C3CC4CCC3C4)CC2)n1. The minimum Gasteiger partial charge on any atom is -0.322 e. The fourth-order valence-corrected chi connectivity index (χ4v) is 4.49. The van der Waals surface area contributed by atoms with Crippen molar-refractivity contribution in [1.82, 2.24) is 15.0 Å². The number of piperazine rings is 1. The van der Waals surface area contributed by atoms with E-state index in [9.17, 15) is 0 Å². The van der Waals surface area contributed by atoms with Crippen LogP contribution in [0.4, 0.5) is 6.01 Å². The molecule has 3 unspecified atom stereocenters. The number of hydrogen-bond donors (Lipinski definition) is 0. The summed E-state index contributed by atoms with van der Waals surface area (Å²) in [5, 5.41) is 4.08. The smallest absolute Gasteiger partial charge is 0.322 e. The Hall–Kier alpha value is -1.10. The first-order chi connectivity index (χ1) is 10.2. The monoisotopic (exact) mass is 290 g/mol. The van der Waals surface area contributed by atoms with Crippen LogP contribution in [-0.4, -0.2) is 47.3 Å². The Morgan fingerprint density at radius 1 is 1.10 bits per heavy atom. The van der Waals surface area contributed by atoms with Crippen LogP contribution >= 0.6 is 0 Å². The van der Waals surface area contributed by atoms with Crippen LogP contribution in [0.25, 0.3) is 0 Å². The van der Waals surface area contributed by atoms with E-state index in [4.69, 9.17) is 4.52 Å². The number of aromatic nitrogens is 2. The second-order valence-corrected chi connectivity index (χ2v) is 7.36. The number of anilines is 1. The standard InChI is InChI=1S/C16H26N4O/c1-11(2)15-17-16(21-18-15)20-7-5-19(6-8-20)14-10-12-3-4-13(14)9-12/h11-14H,3-10H2,1-2H3. The molecule has 2 aliphatic carbocycles. The van der Waals surface area contributed by atoms with Crippen molar-refractivity contribution < 1.29 is 4.52 Å². The van der Waals surface area contributed by atoms with Gasteiger partial charge >= 0.3 is 6.01 Å². The molecule has 0 radical (unpaired) electrons. The van der Waals surface area contributed by atoms with E-state index in [-0.39, 0.29) is 0 Å². The number of rotatable bonds is 3. The summed E-state index contributed by atoms with van der Waals surface area (Å²) in [6.45, 7) is 8.53. The lowest BCUT2D eigenvalue weighted by Crippen LogP contribution is -2.51. The van der Waals surface area contributed by atoms with Gasteiger partial charge in [-0.2, -0.15) is 4.98 Å². The minimum absolute atomic E-state index is 0.331. The predicted octanol–water partition coefficient (Wildman–Crippen LogP) is 2.50. The maximum atomic E-state index is 5.42. The highest BCUT2D eigenvalue weighted by molar-refractivity contribution is 5.26. The zero-order chi connectivity index (χ0) is 14.4. The summed E-state index contributed by atoms with van der Waals surface area (Å²) >= 11 is 0. The summed E-state index contributed by atoms with van der Waals surface area (Å²) < 4.78 is 5.42. The predicted molar refractivity (Wildman–Crippen MR) is 81.4 cm³/mol. The summed E-state index contributed by atoms with van der Waals surface area (Å²) in [6, 6.07) is 1.58. The van der Waals surface area contributed by atoms with Crippen molar-refractivity contribution in [3.05, 3.63) is 5.82 Å². The van der Waals surface area contributed by atoms with Gasteiger partial charge in [-0.1, -0.05) is 25.4 Å². The molecule has 0 aromatic carbocycles. The van der Waals surface area contributed by atoms with E-state index < -0.39 is 0 Å². The lowest BCUT2D eigenvalue weighted by atomic mass is 9.93. The van der Waals surface area contributed by atoms with E-state index >= 15 is 0 Å². The largest absolute Gasteiger partial charge is 0.324 e. The van der Waals surface area contributed by atoms with Gasteiger partial charge in [-0.15, -0.1) is 0 Å². The van der Waals surface area contributed by atoms with E-state index in [1.165, 1.54) is 25.7 Å². The second kappa shape index (κ2) is 5.27. The van der Waals surface area contributed by atoms with Gasteiger partial charge in [0.2, 0.25) is 0 Å². The first kappa shape index (κ1) is 13.6. The molecule has 0 spiro atoms. The molecule has 2 bridgehead atoms. The first-order valence-corrected chi connectivity index (χ1v) is 8.53. The molecule has 2 heterocycles. The summed E-state index contributed by atoms with van der Waals surface area (Å²) in [5.41, 5.74) is 0. The fourth-order valence-electron chi connectivity index (χ4n) is 4.49. The van der Waals surface area contributed by atoms with E-state index in [1.807, 2.05) is 0 Å². The Balaban J connectivity index is 1.36. The number of nitrogens with zero attached hydrogens (tertiary/aromatic N) is 4. The Morgan fingerprint density at radius 2 is 1.90 bits per heavy atom. The molecule has 2 saturated carbocycles. The summed E-state index contributed by atoms with van der Waals surface area (Å²) in [5.74, 6) is 3.17. The van der Waals surface area contributed by atoms with Gasteiger partial charge < -0.3 is 9.42 Å². The van der Waals surface area contributed by atoms with Gasteiger partial charge in [0.05, 0.1) is 0 Å². The normalized spacial score (nSPS) is 33.3. The molecule has 1 aromatic heterocycles. The molecule has 21 heavy (non-hydrogen) atoms. The van der Waals surface area contributed by atoms with Crippen LogP contribution in [0.2, 0.25) is 0 Å². The van der Waals surface area contributed by atoms with Crippen LogP contribution in [0.1, 0.15) is 51.3 Å². The van der Waals surface area contributed by atoms with Crippen LogP contribution in [0.3, 0.4) is 0 Å². The van der Waals surface area contributed by atoms with Gasteiger partial charge in [0.15, 0.2) is 5.82 Å². The lowest BCUT2D eigenvalue weighted by molar-refractivity contribution is 0.133. The van der Waals surface area contributed by atoms with Gasteiger partial charge in [-0.3, -0.25) is 4.90 Å². The van der Waals surface area contributed by atoms with Crippen molar-refractivity contribution in [1.29, 1.82) is 0 Å². The Labute approximate surface area is 126 Å². The third-order valence-electron chi connectivity index (χ3n) is 5.70. The molecule has 3 fully saturated rings. The molecule has 0 amide bonds. The molecule has 1 aliphatic heterocycles. The van der Waals surface area contributed by atoms with Crippen molar-refractivity contribution in [2.24, 2.45) is 11.8 Å². The molecular formula is C16H26N4O. The van der Waals surface area contributed by atoms with Gasteiger partial charge in [0.25, 0.3) is 0 Å². The maximum absolute atomic E-state index is 5.42. The van der Waals surface area contributed by atoms with Crippen LogP contribution < -0.4 is 4.90 Å². The average Bonchev–Trinajstić information content (AvgIpc) is 3.23. The molecule has 4 rings (SSSR count). The van der Waals surface area contributed by atoms with Gasteiger partial charge in [-0.25, -0.2) is 0 Å². The first-order valence-electron chi connectivity index (χ1n) is 8.53. The second-order valence-electron chi connectivity index (χ2n) is 7.36. The molecular weight excluding hydrogens is 264 g/mol. The van der Waals surface area contributed by atoms with Crippen molar-refractivity contribution in [2.45, 2.75) is 51.5 Å². The molecule has 1 aromatic rings. The Morgan fingerprint density at radius 3 is 2.48 bits per heavy atom. The molecule has 3 aliphatic rings. The van der Waals surface area contributed by atoms with Crippen molar-refractivity contribution in [3.63, 3.8) is 0 Å². The van der Waals surface area contributed by atoms with E-state index in [2.05, 4.69) is 33.8 Å². The van der Waals surface area contributed by atoms with Crippen molar-refractivity contribution in [3.8, 4) is 0 Å². The highest BCUT2D eigenvalue weighted by Gasteiger charge is 2.42. The van der Waals surface area contributed by atoms with E-state index in [0.29, 0.717) is 11.9 Å². The van der Waals surface area contributed by atoms with Crippen LogP contribution in [0.5, 0.6) is 0 Å². The van der Waals surface area contributed by atoms with E-state index in [1.54, 1.807) is 0 Å². The van der Waals surface area contributed by atoms with Crippen LogP contribution in [0.15, 0.2) is 4.52 Å². The molecule has 116 valence electrons. The van der Waals surface area contributed by atoms with Crippen LogP contribution in [0, 0.1) is 11.8 Å². The Bertz CT molecular complexity index is 492. The van der Waals surface area contributed by atoms with Crippen molar-refractivity contribution in [2.75, 3.05) is 31.1 Å². The highest BCUT2D eigenvalue weighted by atomic mass is 16.5. The zero-order valence-electron chi connectivity index (χ0n) is 13.2. The molecule has 5 nitrogen and oxygen atoms in total. The fraction of sp³-hybridized carbons (Fsp3) is 0.875. The minimum atomic E-state index is 0.331. The van der Waals surface area contributed by atoms with Crippen molar-refractivity contribution >= 4 is 6.01 Å². The third-order valence-corrected chi connectivity index (χ3v) is 5.70. The Kier molecular flexibility index (Phi) is 3.40. The van der Waals surface area contributed by atoms with Gasteiger partial charge in [0.1, 0.15) is 0 Å². The maximum Gasteiger partial charge on any atom is 0.324 e. The summed E-state index contributed by atoms with van der Waals surface area (Å²) in [6.07, 6.45) is 5.90. The molecule has 5 heteroatoms. The molecule has 0 N–H and O–H groups in total.